The van der Waals surface area contributed by atoms with Gasteiger partial charge in [-0.05, 0) is 39.0 Å². The highest BCUT2D eigenvalue weighted by Gasteiger charge is 2.46. The second kappa shape index (κ2) is 5.23. The molecule has 3 rings (SSSR count). The third-order valence-corrected chi connectivity index (χ3v) is 4.27. The molecular formula is C19H18O4. The summed E-state index contributed by atoms with van der Waals surface area (Å²) < 4.78 is 11.3. The zero-order chi connectivity index (χ0) is 16.8. The quantitative estimate of drug-likeness (QED) is 0.589. The monoisotopic (exact) mass is 310 g/mol. The molecule has 1 aromatic rings. The van der Waals surface area contributed by atoms with Gasteiger partial charge in [-0.15, -0.1) is 0 Å². The molecule has 0 aromatic heterocycles. The van der Waals surface area contributed by atoms with Crippen molar-refractivity contribution in [3.8, 4) is 5.75 Å². The number of rotatable bonds is 1. The van der Waals surface area contributed by atoms with Gasteiger partial charge in [0.25, 0.3) is 0 Å². The van der Waals surface area contributed by atoms with Crippen molar-refractivity contribution >= 4 is 17.6 Å². The Balaban J connectivity index is 2.22. The lowest BCUT2D eigenvalue weighted by Gasteiger charge is -2.31. The normalized spacial score (nSPS) is 22.8. The van der Waals surface area contributed by atoms with E-state index < -0.39 is 5.41 Å². The summed E-state index contributed by atoms with van der Waals surface area (Å²) in [4.78, 5) is 25.3. The lowest BCUT2D eigenvalue weighted by Crippen LogP contribution is -2.41. The highest BCUT2D eigenvalue weighted by Crippen LogP contribution is 2.40. The summed E-state index contributed by atoms with van der Waals surface area (Å²) in [6, 6.07) is 7.56. The van der Waals surface area contributed by atoms with Gasteiger partial charge >= 0.3 is 0 Å². The molecular weight excluding hydrogens is 292 g/mol. The van der Waals surface area contributed by atoms with E-state index in [0.717, 1.165) is 5.56 Å². The van der Waals surface area contributed by atoms with E-state index in [1.807, 2.05) is 30.3 Å². The molecule has 0 bridgehead atoms. The van der Waals surface area contributed by atoms with E-state index in [0.29, 0.717) is 28.4 Å². The van der Waals surface area contributed by atoms with Crippen molar-refractivity contribution in [2.45, 2.75) is 20.8 Å². The second-order valence-electron chi connectivity index (χ2n) is 6.15. The molecule has 0 radical (unpaired) electrons. The third kappa shape index (κ3) is 2.22. The van der Waals surface area contributed by atoms with E-state index in [2.05, 4.69) is 0 Å². The maximum atomic E-state index is 12.9. The number of carbonyl (C=O) groups is 2. The van der Waals surface area contributed by atoms with Crippen LogP contribution < -0.4 is 4.74 Å². The molecule has 1 aromatic carbocycles. The van der Waals surface area contributed by atoms with Crippen LogP contribution in [0.3, 0.4) is 0 Å². The van der Waals surface area contributed by atoms with Crippen LogP contribution in [0.1, 0.15) is 26.3 Å². The molecule has 1 aliphatic carbocycles. The first-order chi connectivity index (χ1) is 10.9. The topological polar surface area (TPSA) is 52.6 Å². The molecule has 0 amide bonds. The standard InChI is InChI=1S/C19H18O4/c1-11-16(22-4)15(18(21)19(2,3)17(11)20)14-10-9-12-7-5-6-8-13(12)23-14/h5-10H,1-4H3/b15-14+. The van der Waals surface area contributed by atoms with E-state index in [4.69, 9.17) is 9.47 Å². The molecule has 23 heavy (non-hydrogen) atoms. The number of ether oxygens (including phenoxy) is 2. The van der Waals surface area contributed by atoms with Crippen molar-refractivity contribution in [1.82, 2.24) is 0 Å². The fraction of sp³-hybridized carbons (Fsp3) is 0.263. The Morgan fingerprint density at radius 3 is 2.43 bits per heavy atom. The van der Waals surface area contributed by atoms with Gasteiger partial charge in [0.15, 0.2) is 11.6 Å². The fourth-order valence-electron chi connectivity index (χ4n) is 2.92. The van der Waals surface area contributed by atoms with E-state index in [9.17, 15) is 9.59 Å². The first-order valence-electron chi connectivity index (χ1n) is 7.42. The third-order valence-electron chi connectivity index (χ3n) is 4.27. The van der Waals surface area contributed by atoms with Gasteiger partial charge in [-0.3, -0.25) is 9.59 Å². The van der Waals surface area contributed by atoms with Crippen molar-refractivity contribution in [1.29, 1.82) is 0 Å². The first kappa shape index (κ1) is 15.3. The van der Waals surface area contributed by atoms with Crippen LogP contribution in [0.5, 0.6) is 5.75 Å². The molecule has 118 valence electrons. The van der Waals surface area contributed by atoms with Crippen molar-refractivity contribution < 1.29 is 19.1 Å². The number of methoxy groups -OCH3 is 1. The predicted molar refractivity (Wildman–Crippen MR) is 86.6 cm³/mol. The molecule has 0 spiro atoms. The van der Waals surface area contributed by atoms with Crippen molar-refractivity contribution in [2.24, 2.45) is 5.41 Å². The predicted octanol–water partition coefficient (Wildman–Crippen LogP) is 3.44. The summed E-state index contributed by atoms with van der Waals surface area (Å²) in [5, 5.41) is 0. The van der Waals surface area contributed by atoms with Gasteiger partial charge in [0.1, 0.15) is 22.8 Å². The number of Topliss-reactive ketones (excluding diaryl/α,β-unsaturated/α-hetero) is 2. The highest BCUT2D eigenvalue weighted by atomic mass is 16.5. The SMILES string of the molecule is COC1=C(C)C(=O)C(C)(C)C(=O)/C1=C1\C=Cc2ccccc2O1. The minimum Gasteiger partial charge on any atom is -0.495 e. The number of allylic oxidation sites excluding steroid dienone is 3. The summed E-state index contributed by atoms with van der Waals surface area (Å²) in [6.07, 6.45) is 3.63. The average molecular weight is 310 g/mol. The van der Waals surface area contributed by atoms with Crippen LogP contribution in [0.4, 0.5) is 0 Å². The zero-order valence-electron chi connectivity index (χ0n) is 13.6. The van der Waals surface area contributed by atoms with Crippen LogP contribution in [0.15, 0.2) is 53.0 Å². The maximum Gasteiger partial charge on any atom is 0.183 e. The van der Waals surface area contributed by atoms with Gasteiger partial charge in [-0.25, -0.2) is 0 Å². The van der Waals surface area contributed by atoms with Crippen molar-refractivity contribution in [3.63, 3.8) is 0 Å². The minimum absolute atomic E-state index is 0.219. The van der Waals surface area contributed by atoms with Crippen molar-refractivity contribution in [3.05, 3.63) is 58.6 Å². The summed E-state index contributed by atoms with van der Waals surface area (Å²) in [6.45, 7) is 4.94. The Morgan fingerprint density at radius 2 is 1.74 bits per heavy atom. The molecule has 0 saturated heterocycles. The lowest BCUT2D eigenvalue weighted by atomic mass is 9.72. The Kier molecular flexibility index (Phi) is 3.48. The van der Waals surface area contributed by atoms with Gasteiger partial charge in [0, 0.05) is 11.1 Å². The summed E-state index contributed by atoms with van der Waals surface area (Å²) >= 11 is 0. The molecule has 0 saturated carbocycles. The van der Waals surface area contributed by atoms with Gasteiger partial charge in [0.2, 0.25) is 0 Å². The Hall–Kier alpha value is -2.62. The van der Waals surface area contributed by atoms with Crippen LogP contribution in [0.2, 0.25) is 0 Å². The average Bonchev–Trinajstić information content (AvgIpc) is 2.56. The summed E-state index contributed by atoms with van der Waals surface area (Å²) in [5.41, 5.74) is 0.578. The Labute approximate surface area is 135 Å². The molecule has 1 heterocycles. The molecule has 0 fully saturated rings. The molecule has 0 unspecified atom stereocenters. The van der Waals surface area contributed by atoms with E-state index in [1.165, 1.54) is 7.11 Å². The number of fused-ring (bicyclic) bond motifs is 1. The van der Waals surface area contributed by atoms with Crippen LogP contribution in [-0.4, -0.2) is 18.7 Å². The molecule has 2 aliphatic rings. The summed E-state index contributed by atoms with van der Waals surface area (Å²) in [5.74, 6) is 0.866. The number of hydrogen-bond acceptors (Lipinski definition) is 4. The summed E-state index contributed by atoms with van der Waals surface area (Å²) in [7, 11) is 1.46. The second-order valence-corrected chi connectivity index (χ2v) is 6.15. The van der Waals surface area contributed by atoms with Crippen molar-refractivity contribution in [2.75, 3.05) is 7.11 Å². The van der Waals surface area contributed by atoms with E-state index in [1.54, 1.807) is 26.8 Å². The van der Waals surface area contributed by atoms with Crippen LogP contribution in [0, 0.1) is 5.41 Å². The number of para-hydroxylation sites is 1. The minimum atomic E-state index is -1.12. The van der Waals surface area contributed by atoms with Gasteiger partial charge in [0.05, 0.1) is 12.5 Å². The van der Waals surface area contributed by atoms with E-state index >= 15 is 0 Å². The molecule has 0 N–H and O–H groups in total. The smallest absolute Gasteiger partial charge is 0.183 e. The largest absolute Gasteiger partial charge is 0.495 e. The van der Waals surface area contributed by atoms with Crippen LogP contribution >= 0.6 is 0 Å². The number of benzene rings is 1. The molecule has 4 nitrogen and oxygen atoms in total. The number of ketones is 2. The highest BCUT2D eigenvalue weighted by molar-refractivity contribution is 6.24. The number of hydrogen-bond donors (Lipinski definition) is 0. The van der Waals surface area contributed by atoms with Gasteiger partial charge in [-0.2, -0.15) is 0 Å². The first-order valence-corrected chi connectivity index (χ1v) is 7.42. The van der Waals surface area contributed by atoms with Gasteiger partial charge in [-0.1, -0.05) is 18.2 Å². The molecule has 1 aliphatic heterocycles. The molecule has 4 heteroatoms. The number of carbonyl (C=O) groups excluding carboxylic acids is 2. The lowest BCUT2D eigenvalue weighted by molar-refractivity contribution is -0.135. The van der Waals surface area contributed by atoms with E-state index in [-0.39, 0.29) is 11.6 Å². The van der Waals surface area contributed by atoms with Crippen LogP contribution in [-0.2, 0) is 14.3 Å². The van der Waals surface area contributed by atoms with Gasteiger partial charge < -0.3 is 9.47 Å². The Bertz CT molecular complexity index is 806. The maximum absolute atomic E-state index is 12.9. The molecule has 0 atom stereocenters. The van der Waals surface area contributed by atoms with Crippen LogP contribution in [0.25, 0.3) is 6.08 Å². The fourth-order valence-corrected chi connectivity index (χ4v) is 2.92. The Morgan fingerprint density at radius 1 is 1.04 bits per heavy atom. The zero-order valence-corrected chi connectivity index (χ0v) is 13.6.